The molecule has 2 heterocycles. The van der Waals surface area contributed by atoms with Gasteiger partial charge in [0.1, 0.15) is 11.6 Å². The van der Waals surface area contributed by atoms with Gasteiger partial charge in [-0.25, -0.2) is 8.78 Å². The SMILES string of the molecule is O=C(c1ccc(F)cc1)N1C2CCC1CC(c1ccc(F)cc1)C2. The molecular weight excluding hydrogens is 308 g/mol. The topological polar surface area (TPSA) is 20.3 Å². The molecule has 124 valence electrons. The summed E-state index contributed by atoms with van der Waals surface area (Å²) in [5, 5.41) is 0. The summed E-state index contributed by atoms with van der Waals surface area (Å²) < 4.78 is 26.2. The monoisotopic (exact) mass is 327 g/mol. The van der Waals surface area contributed by atoms with E-state index in [9.17, 15) is 13.6 Å². The largest absolute Gasteiger partial charge is 0.333 e. The van der Waals surface area contributed by atoms with E-state index in [1.807, 2.05) is 17.0 Å². The van der Waals surface area contributed by atoms with Crippen LogP contribution in [0, 0.1) is 11.6 Å². The maximum absolute atomic E-state index is 13.1. The van der Waals surface area contributed by atoms with Gasteiger partial charge in [-0.3, -0.25) is 4.79 Å². The molecule has 2 aliphatic heterocycles. The maximum Gasteiger partial charge on any atom is 0.254 e. The molecule has 2 nitrogen and oxygen atoms in total. The number of benzene rings is 2. The first-order valence-corrected chi connectivity index (χ1v) is 8.45. The molecule has 2 atom stereocenters. The van der Waals surface area contributed by atoms with E-state index in [1.165, 1.54) is 24.3 Å². The fourth-order valence-corrected chi connectivity index (χ4v) is 4.26. The van der Waals surface area contributed by atoms with Crippen molar-refractivity contribution in [2.45, 2.75) is 43.7 Å². The summed E-state index contributed by atoms with van der Waals surface area (Å²) in [6, 6.07) is 13.0. The lowest BCUT2D eigenvalue weighted by atomic mass is 9.85. The normalized spacial score (nSPS) is 25.8. The van der Waals surface area contributed by atoms with E-state index in [1.54, 1.807) is 12.1 Å². The van der Waals surface area contributed by atoms with Crippen molar-refractivity contribution in [1.82, 2.24) is 4.90 Å². The van der Waals surface area contributed by atoms with Gasteiger partial charge in [-0.05, 0) is 73.6 Å². The molecule has 1 amide bonds. The summed E-state index contributed by atoms with van der Waals surface area (Å²) in [5.74, 6) is -0.171. The van der Waals surface area contributed by atoms with Crippen molar-refractivity contribution in [2.24, 2.45) is 0 Å². The Labute approximate surface area is 140 Å². The van der Waals surface area contributed by atoms with Gasteiger partial charge in [0.05, 0.1) is 0 Å². The van der Waals surface area contributed by atoms with Crippen molar-refractivity contribution in [3.05, 3.63) is 71.3 Å². The standard InChI is InChI=1S/C20H19F2NO/c21-16-5-1-13(2-6-16)15-11-18-9-10-19(12-15)23(18)20(24)14-3-7-17(22)8-4-14/h1-8,15,18-19H,9-12H2. The van der Waals surface area contributed by atoms with E-state index in [2.05, 4.69) is 0 Å². The van der Waals surface area contributed by atoms with E-state index in [4.69, 9.17) is 0 Å². The van der Waals surface area contributed by atoms with Crippen LogP contribution in [0.15, 0.2) is 48.5 Å². The van der Waals surface area contributed by atoms with Gasteiger partial charge in [-0.1, -0.05) is 12.1 Å². The first-order chi connectivity index (χ1) is 11.6. The highest BCUT2D eigenvalue weighted by Crippen LogP contribution is 2.43. The van der Waals surface area contributed by atoms with E-state index >= 15 is 0 Å². The van der Waals surface area contributed by atoms with Gasteiger partial charge >= 0.3 is 0 Å². The van der Waals surface area contributed by atoms with Gasteiger partial charge in [-0.15, -0.1) is 0 Å². The number of rotatable bonds is 2. The summed E-state index contributed by atoms with van der Waals surface area (Å²) in [4.78, 5) is 14.8. The van der Waals surface area contributed by atoms with Crippen LogP contribution in [0.3, 0.4) is 0 Å². The minimum absolute atomic E-state index is 0.0000520. The minimum atomic E-state index is -0.329. The van der Waals surface area contributed by atoms with Crippen LogP contribution in [0.25, 0.3) is 0 Å². The number of nitrogens with zero attached hydrogens (tertiary/aromatic N) is 1. The van der Waals surface area contributed by atoms with E-state index in [-0.39, 0.29) is 29.6 Å². The van der Waals surface area contributed by atoms with Crippen LogP contribution in [0.1, 0.15) is 47.5 Å². The quantitative estimate of drug-likeness (QED) is 0.794. The molecule has 4 rings (SSSR count). The molecule has 0 aliphatic carbocycles. The summed E-state index contributed by atoms with van der Waals surface area (Å²) in [6.45, 7) is 0. The Kier molecular flexibility index (Phi) is 3.83. The van der Waals surface area contributed by atoms with Crippen molar-refractivity contribution < 1.29 is 13.6 Å². The molecule has 0 spiro atoms. The van der Waals surface area contributed by atoms with Crippen LogP contribution in [0.4, 0.5) is 8.78 Å². The lowest BCUT2D eigenvalue weighted by Crippen LogP contribution is -2.46. The molecule has 2 aromatic rings. The van der Waals surface area contributed by atoms with Crippen LogP contribution in [0.5, 0.6) is 0 Å². The number of carbonyl (C=O) groups excluding carboxylic acids is 1. The number of piperidine rings is 1. The molecule has 2 saturated heterocycles. The van der Waals surface area contributed by atoms with Crippen LogP contribution in [-0.4, -0.2) is 22.9 Å². The van der Waals surface area contributed by atoms with Crippen molar-refractivity contribution in [2.75, 3.05) is 0 Å². The van der Waals surface area contributed by atoms with Crippen molar-refractivity contribution in [3.8, 4) is 0 Å². The van der Waals surface area contributed by atoms with E-state index in [0.29, 0.717) is 11.5 Å². The van der Waals surface area contributed by atoms with Crippen molar-refractivity contribution >= 4 is 5.91 Å². The van der Waals surface area contributed by atoms with Gasteiger partial charge < -0.3 is 4.90 Å². The average molecular weight is 327 g/mol. The maximum atomic E-state index is 13.1. The molecule has 2 aliphatic rings. The van der Waals surface area contributed by atoms with Crippen molar-refractivity contribution in [1.29, 1.82) is 0 Å². The van der Waals surface area contributed by atoms with E-state index < -0.39 is 0 Å². The second-order valence-corrected chi connectivity index (χ2v) is 6.82. The Morgan fingerprint density at radius 3 is 1.88 bits per heavy atom. The lowest BCUT2D eigenvalue weighted by molar-refractivity contribution is 0.0571. The Morgan fingerprint density at radius 1 is 0.833 bits per heavy atom. The zero-order chi connectivity index (χ0) is 16.7. The fourth-order valence-electron chi connectivity index (χ4n) is 4.26. The molecule has 2 aromatic carbocycles. The number of carbonyl (C=O) groups is 1. The molecule has 0 radical (unpaired) electrons. The lowest BCUT2D eigenvalue weighted by Gasteiger charge is -2.39. The van der Waals surface area contributed by atoms with Gasteiger partial charge in [0.2, 0.25) is 0 Å². The van der Waals surface area contributed by atoms with Gasteiger partial charge in [0, 0.05) is 17.6 Å². The third kappa shape index (κ3) is 2.70. The van der Waals surface area contributed by atoms with Crippen LogP contribution in [0.2, 0.25) is 0 Å². The summed E-state index contributed by atoms with van der Waals surface area (Å²) >= 11 is 0. The van der Waals surface area contributed by atoms with Crippen LogP contribution < -0.4 is 0 Å². The fraction of sp³-hybridized carbons (Fsp3) is 0.350. The zero-order valence-electron chi connectivity index (χ0n) is 13.3. The van der Waals surface area contributed by atoms with Crippen LogP contribution in [-0.2, 0) is 0 Å². The summed E-state index contributed by atoms with van der Waals surface area (Å²) in [6.07, 6.45) is 3.84. The van der Waals surface area contributed by atoms with Crippen molar-refractivity contribution in [3.63, 3.8) is 0 Å². The van der Waals surface area contributed by atoms with Gasteiger partial charge in [0.25, 0.3) is 5.91 Å². The molecule has 0 aromatic heterocycles. The van der Waals surface area contributed by atoms with Gasteiger partial charge in [0.15, 0.2) is 0 Å². The number of halogens is 2. The molecule has 0 N–H and O–H groups in total. The molecular formula is C20H19F2NO. The Hall–Kier alpha value is -2.23. The highest BCUT2D eigenvalue weighted by molar-refractivity contribution is 5.95. The smallest absolute Gasteiger partial charge is 0.254 e. The Balaban J connectivity index is 1.53. The summed E-state index contributed by atoms with van der Waals surface area (Å²) in [7, 11) is 0. The molecule has 4 heteroatoms. The number of hydrogen-bond donors (Lipinski definition) is 0. The van der Waals surface area contributed by atoms with Gasteiger partial charge in [-0.2, -0.15) is 0 Å². The number of hydrogen-bond acceptors (Lipinski definition) is 1. The predicted octanol–water partition coefficient (Wildman–Crippen LogP) is 4.52. The third-order valence-electron chi connectivity index (χ3n) is 5.40. The molecule has 24 heavy (non-hydrogen) atoms. The third-order valence-corrected chi connectivity index (χ3v) is 5.40. The highest BCUT2D eigenvalue weighted by atomic mass is 19.1. The second-order valence-electron chi connectivity index (χ2n) is 6.82. The minimum Gasteiger partial charge on any atom is -0.333 e. The molecule has 0 saturated carbocycles. The molecule has 2 fully saturated rings. The predicted molar refractivity (Wildman–Crippen MR) is 87.8 cm³/mol. The first-order valence-electron chi connectivity index (χ1n) is 8.45. The Morgan fingerprint density at radius 2 is 1.33 bits per heavy atom. The molecule has 2 bridgehead atoms. The van der Waals surface area contributed by atoms with Crippen LogP contribution >= 0.6 is 0 Å². The number of fused-ring (bicyclic) bond motifs is 2. The molecule has 2 unspecified atom stereocenters. The second kappa shape index (κ2) is 6.00. The number of amides is 1. The summed E-state index contributed by atoms with van der Waals surface area (Å²) in [5.41, 5.74) is 1.70. The first kappa shape index (κ1) is 15.3. The average Bonchev–Trinajstić information content (AvgIpc) is 2.85. The highest BCUT2D eigenvalue weighted by Gasteiger charge is 2.43. The van der Waals surface area contributed by atoms with E-state index in [0.717, 1.165) is 31.2 Å². The zero-order valence-corrected chi connectivity index (χ0v) is 13.3. The Bertz CT molecular complexity index is 727.